The van der Waals surface area contributed by atoms with Crippen LogP contribution in [0.15, 0.2) is 267 Å². The average molecular weight is 1210 g/mol. The van der Waals surface area contributed by atoms with Gasteiger partial charge in [0.15, 0.2) is 0 Å². The third-order valence-corrected chi connectivity index (χ3v) is 21.1. The van der Waals surface area contributed by atoms with E-state index in [9.17, 15) is 0 Å². The summed E-state index contributed by atoms with van der Waals surface area (Å²) in [6.07, 6.45) is 13.1. The van der Waals surface area contributed by atoms with Crippen LogP contribution in [0.3, 0.4) is 0 Å². The first kappa shape index (κ1) is 56.1. The van der Waals surface area contributed by atoms with Crippen molar-refractivity contribution in [2.45, 2.75) is 90.9 Å². The van der Waals surface area contributed by atoms with E-state index in [1.807, 2.05) is 0 Å². The molecule has 0 unspecified atom stereocenters. The molecule has 4 nitrogen and oxygen atoms in total. The van der Waals surface area contributed by atoms with Crippen molar-refractivity contribution in [2.24, 2.45) is 0 Å². The van der Waals surface area contributed by atoms with Crippen molar-refractivity contribution in [1.82, 2.24) is 9.13 Å². The van der Waals surface area contributed by atoms with Crippen molar-refractivity contribution in [3.05, 3.63) is 300 Å². The number of fused-ring (bicyclic) bond motifs is 8. The SMILES string of the molecule is CCCc1cc(N(c2cccc3c2CCCC3)c2cccc3c2c2ccccc2n3-c2ccc(-c3ccccc3)cc2)c2ccc3c(CCC)cc(N(c4cccc5c4CCCC5)c4cccc5c4c4ccccc4n5-c4ccc(-c5ccccc5)cc4)c4ccc1c2c34. The molecule has 14 aromatic carbocycles. The molecule has 2 aromatic heterocycles. The van der Waals surface area contributed by atoms with E-state index in [2.05, 4.69) is 300 Å². The van der Waals surface area contributed by atoms with Crippen LogP contribution < -0.4 is 9.80 Å². The first-order chi connectivity index (χ1) is 46.6. The normalized spacial score (nSPS) is 13.3. The van der Waals surface area contributed by atoms with Crippen LogP contribution in [0.4, 0.5) is 34.1 Å². The van der Waals surface area contributed by atoms with Gasteiger partial charge in [-0.3, -0.25) is 0 Å². The molecule has 0 aliphatic heterocycles. The Morgan fingerprint density at radius 1 is 0.277 bits per heavy atom. The highest BCUT2D eigenvalue weighted by molar-refractivity contribution is 6.30. The van der Waals surface area contributed by atoms with Crippen LogP contribution in [0.1, 0.15) is 85.8 Å². The lowest BCUT2D eigenvalue weighted by atomic mass is 9.85. The molecular weight excluding hydrogens is 1140 g/mol. The Morgan fingerprint density at radius 2 is 0.638 bits per heavy atom. The summed E-state index contributed by atoms with van der Waals surface area (Å²) in [5.74, 6) is 0. The average Bonchev–Trinajstić information content (AvgIpc) is 0.999. The minimum Gasteiger partial charge on any atom is -0.309 e. The van der Waals surface area contributed by atoms with Gasteiger partial charge in [-0.1, -0.05) is 209 Å². The van der Waals surface area contributed by atoms with Gasteiger partial charge < -0.3 is 18.9 Å². The number of benzene rings is 14. The van der Waals surface area contributed by atoms with Crippen molar-refractivity contribution in [3.8, 4) is 33.6 Å². The largest absolute Gasteiger partial charge is 0.309 e. The molecule has 0 saturated carbocycles. The summed E-state index contributed by atoms with van der Waals surface area (Å²) < 4.78 is 5.00. The van der Waals surface area contributed by atoms with Gasteiger partial charge in [-0.15, -0.1) is 0 Å². The summed E-state index contributed by atoms with van der Waals surface area (Å²) in [7, 11) is 0. The Morgan fingerprint density at radius 3 is 1.07 bits per heavy atom. The fourth-order valence-corrected chi connectivity index (χ4v) is 16.9. The summed E-state index contributed by atoms with van der Waals surface area (Å²) >= 11 is 0. The monoisotopic (exact) mass is 1210 g/mol. The Labute approximate surface area is 550 Å². The molecule has 0 fully saturated rings. The van der Waals surface area contributed by atoms with Gasteiger partial charge in [0.2, 0.25) is 0 Å². The Balaban J connectivity index is 0.911. The highest BCUT2D eigenvalue weighted by atomic mass is 15.2. The number of hydrogen-bond acceptors (Lipinski definition) is 2. The number of nitrogens with zero attached hydrogens (tertiary/aromatic N) is 4. The zero-order valence-electron chi connectivity index (χ0n) is 53.7. The Kier molecular flexibility index (Phi) is 13.8. The van der Waals surface area contributed by atoms with Crippen molar-refractivity contribution in [3.63, 3.8) is 0 Å². The number of hydrogen-bond donors (Lipinski definition) is 0. The maximum absolute atomic E-state index is 2.73. The molecule has 18 rings (SSSR count). The molecule has 0 amide bonds. The van der Waals surface area contributed by atoms with E-state index in [-0.39, 0.29) is 0 Å². The molecule has 0 bridgehead atoms. The van der Waals surface area contributed by atoms with E-state index in [0.29, 0.717) is 0 Å². The maximum Gasteiger partial charge on any atom is 0.0562 e. The highest BCUT2D eigenvalue weighted by Crippen LogP contribution is 2.54. The van der Waals surface area contributed by atoms with E-state index in [0.717, 1.165) is 62.7 Å². The number of aromatic nitrogens is 2. The van der Waals surface area contributed by atoms with Crippen molar-refractivity contribution < 1.29 is 0 Å². The molecule has 4 heteroatoms. The van der Waals surface area contributed by atoms with Crippen LogP contribution in [0.5, 0.6) is 0 Å². The minimum absolute atomic E-state index is 0.961. The molecule has 454 valence electrons. The van der Waals surface area contributed by atoms with Gasteiger partial charge in [0.25, 0.3) is 0 Å². The molecular formula is C90H74N4. The van der Waals surface area contributed by atoms with Crippen molar-refractivity contribution >= 4 is 110 Å². The molecule has 94 heavy (non-hydrogen) atoms. The van der Waals surface area contributed by atoms with Crippen molar-refractivity contribution in [2.75, 3.05) is 9.80 Å². The Hall–Kier alpha value is -10.7. The van der Waals surface area contributed by atoms with E-state index >= 15 is 0 Å². The Bertz CT molecular complexity index is 5230. The lowest BCUT2D eigenvalue weighted by Crippen LogP contribution is -2.17. The smallest absolute Gasteiger partial charge is 0.0562 e. The van der Waals surface area contributed by atoms with Crippen molar-refractivity contribution in [1.29, 1.82) is 0 Å². The number of para-hydroxylation sites is 2. The molecule has 0 atom stereocenters. The van der Waals surface area contributed by atoms with Crippen LogP contribution in [-0.2, 0) is 38.5 Å². The second-order valence-corrected chi connectivity index (χ2v) is 26.5. The third-order valence-electron chi connectivity index (χ3n) is 21.1. The highest BCUT2D eigenvalue weighted by Gasteiger charge is 2.31. The predicted molar refractivity (Wildman–Crippen MR) is 400 cm³/mol. The third kappa shape index (κ3) is 9.01. The predicted octanol–water partition coefficient (Wildman–Crippen LogP) is 24.7. The van der Waals surface area contributed by atoms with Gasteiger partial charge in [0.05, 0.1) is 44.8 Å². The molecule has 2 aliphatic rings. The quantitative estimate of drug-likeness (QED) is 0.101. The van der Waals surface area contributed by atoms with Gasteiger partial charge in [-0.05, 0) is 226 Å². The summed E-state index contributed by atoms with van der Waals surface area (Å²) in [4.78, 5) is 5.46. The van der Waals surface area contributed by atoms with Crippen LogP contribution in [0.2, 0.25) is 0 Å². The maximum atomic E-state index is 2.73. The minimum atomic E-state index is 0.961. The molecule has 16 aromatic rings. The molecule has 2 heterocycles. The van der Waals surface area contributed by atoms with Gasteiger partial charge in [0, 0.05) is 55.1 Å². The van der Waals surface area contributed by atoms with Gasteiger partial charge in [0.1, 0.15) is 0 Å². The fraction of sp³-hybridized carbons (Fsp3) is 0.156. The molecule has 0 saturated heterocycles. The van der Waals surface area contributed by atoms with Crippen LogP contribution in [0.25, 0.3) is 110 Å². The van der Waals surface area contributed by atoms with Gasteiger partial charge in [-0.25, -0.2) is 0 Å². The standard InChI is InChI=1S/C90H74N4/c1-3-23-65-57-85(93(77-39-19-31-63-29-11-13-33-69(63)77)83-43-21-41-81-89(83)73-35-15-17-37-79(73)91(81)67-49-45-61(46-50-67)59-25-7-5-8-26-59)75-56-54-72-66(24-4-2)58-86(76-55-53-71(65)87(75)88(72)76)94(78-40-20-32-64-30-12-14-34-70(64)78)84-44-22-42-82-90(84)74-36-16-18-38-80(74)92(82)68-51-47-62(48-52-68)60-27-9-6-10-28-60/h5-10,15-22,25-28,31-32,35-58H,3-4,11-14,23-24,29-30,33-34H2,1-2H3. The number of anilines is 6. The second-order valence-electron chi connectivity index (χ2n) is 26.5. The van der Waals surface area contributed by atoms with Gasteiger partial charge >= 0.3 is 0 Å². The van der Waals surface area contributed by atoms with Crippen LogP contribution >= 0.6 is 0 Å². The van der Waals surface area contributed by atoms with E-state index in [4.69, 9.17) is 0 Å². The molecule has 0 radical (unpaired) electrons. The summed E-state index contributed by atoms with van der Waals surface area (Å²) in [6.45, 7) is 4.72. The first-order valence-electron chi connectivity index (χ1n) is 34.5. The lowest BCUT2D eigenvalue weighted by molar-refractivity contribution is 0.686. The second kappa shape index (κ2) is 23.2. The fourth-order valence-electron chi connectivity index (χ4n) is 16.9. The van der Waals surface area contributed by atoms with Gasteiger partial charge in [-0.2, -0.15) is 0 Å². The van der Waals surface area contributed by atoms with E-state index in [1.54, 1.807) is 0 Å². The molecule has 2 aliphatic carbocycles. The van der Waals surface area contributed by atoms with Crippen LogP contribution in [-0.4, -0.2) is 9.13 Å². The number of rotatable bonds is 14. The number of aryl methyl sites for hydroxylation is 4. The van der Waals surface area contributed by atoms with Crippen LogP contribution in [0, 0.1) is 0 Å². The van der Waals surface area contributed by atoms with E-state index < -0.39 is 0 Å². The topological polar surface area (TPSA) is 16.3 Å². The van der Waals surface area contributed by atoms with E-state index in [1.165, 1.54) is 191 Å². The zero-order valence-corrected chi connectivity index (χ0v) is 53.7. The first-order valence-corrected chi connectivity index (χ1v) is 34.5. The lowest BCUT2D eigenvalue weighted by Gasteiger charge is -2.34. The zero-order chi connectivity index (χ0) is 62.4. The molecule has 0 spiro atoms. The summed E-state index contributed by atoms with van der Waals surface area (Å²) in [5, 5.41) is 13.0. The summed E-state index contributed by atoms with van der Waals surface area (Å²) in [5.41, 5.74) is 28.1. The molecule has 0 N–H and O–H groups in total. The summed E-state index contributed by atoms with van der Waals surface area (Å²) in [6, 6.07) is 102.